The van der Waals surface area contributed by atoms with Crippen LogP contribution in [-0.2, 0) is 0 Å². The van der Waals surface area contributed by atoms with Gasteiger partial charge in [0.15, 0.2) is 0 Å². The van der Waals surface area contributed by atoms with Crippen LogP contribution in [0.3, 0.4) is 0 Å². The first-order chi connectivity index (χ1) is 9.40. The number of halogens is 2. The summed E-state index contributed by atoms with van der Waals surface area (Å²) in [6, 6.07) is 8.20. The molecule has 6 heteroatoms. The third kappa shape index (κ3) is 3.08. The first kappa shape index (κ1) is 15.2. The predicted molar refractivity (Wildman–Crippen MR) is 83.0 cm³/mol. The number of amides is 1. The molecular formula is C14H13Cl2NO2S. The van der Waals surface area contributed by atoms with Gasteiger partial charge < -0.3 is 10.0 Å². The summed E-state index contributed by atoms with van der Waals surface area (Å²) in [6.07, 6.45) is 0. The van der Waals surface area contributed by atoms with Crippen molar-refractivity contribution < 1.29 is 9.90 Å². The SMILES string of the molecule is CC(c1ccc(O)cc1)N(C)C(=O)c1cc(Cl)sc1Cl. The van der Waals surface area contributed by atoms with E-state index in [9.17, 15) is 9.90 Å². The van der Waals surface area contributed by atoms with Crippen LogP contribution in [0.5, 0.6) is 5.75 Å². The molecule has 0 spiro atoms. The monoisotopic (exact) mass is 329 g/mol. The molecule has 1 amide bonds. The number of hydrogen-bond acceptors (Lipinski definition) is 3. The van der Waals surface area contributed by atoms with Gasteiger partial charge in [-0.1, -0.05) is 35.3 Å². The lowest BCUT2D eigenvalue weighted by Gasteiger charge is -2.25. The number of phenols is 1. The highest BCUT2D eigenvalue weighted by Crippen LogP contribution is 2.33. The van der Waals surface area contributed by atoms with E-state index in [0.29, 0.717) is 14.2 Å². The lowest BCUT2D eigenvalue weighted by molar-refractivity contribution is 0.0743. The molecule has 1 aromatic carbocycles. The molecule has 106 valence electrons. The van der Waals surface area contributed by atoms with Crippen LogP contribution < -0.4 is 0 Å². The molecule has 0 fully saturated rings. The molecule has 0 aliphatic rings. The van der Waals surface area contributed by atoms with Crippen molar-refractivity contribution in [2.75, 3.05) is 7.05 Å². The summed E-state index contributed by atoms with van der Waals surface area (Å²) < 4.78 is 0.883. The minimum atomic E-state index is -0.182. The minimum Gasteiger partial charge on any atom is -0.508 e. The molecule has 20 heavy (non-hydrogen) atoms. The molecule has 0 radical (unpaired) electrons. The normalized spacial score (nSPS) is 12.2. The van der Waals surface area contributed by atoms with E-state index < -0.39 is 0 Å². The molecule has 0 aliphatic carbocycles. The van der Waals surface area contributed by atoms with Gasteiger partial charge in [0.25, 0.3) is 5.91 Å². The van der Waals surface area contributed by atoms with E-state index in [2.05, 4.69) is 0 Å². The molecule has 3 nitrogen and oxygen atoms in total. The molecule has 2 aromatic rings. The van der Waals surface area contributed by atoms with E-state index in [1.54, 1.807) is 42.3 Å². The van der Waals surface area contributed by atoms with Crippen molar-refractivity contribution in [3.8, 4) is 5.75 Å². The van der Waals surface area contributed by atoms with E-state index in [-0.39, 0.29) is 17.7 Å². The third-order valence-electron chi connectivity index (χ3n) is 3.16. The fourth-order valence-electron chi connectivity index (χ4n) is 1.83. The number of benzene rings is 1. The summed E-state index contributed by atoms with van der Waals surface area (Å²) in [6.45, 7) is 1.91. The van der Waals surface area contributed by atoms with Crippen LogP contribution in [0.4, 0.5) is 0 Å². The van der Waals surface area contributed by atoms with Crippen LogP contribution in [0.2, 0.25) is 8.67 Å². The summed E-state index contributed by atoms with van der Waals surface area (Å²) in [5.41, 5.74) is 1.34. The number of aromatic hydroxyl groups is 1. The average Bonchev–Trinajstić information content (AvgIpc) is 2.76. The number of thiophene rings is 1. The van der Waals surface area contributed by atoms with E-state index >= 15 is 0 Å². The Hall–Kier alpha value is -1.23. The average molecular weight is 330 g/mol. The standard InChI is InChI=1S/C14H13Cl2NO2S/c1-8(9-3-5-10(18)6-4-9)17(2)14(19)11-7-12(15)20-13(11)16/h3-8,18H,1-2H3. The van der Waals surface area contributed by atoms with Gasteiger partial charge in [-0.3, -0.25) is 4.79 Å². The number of carbonyl (C=O) groups excluding carboxylic acids is 1. The molecule has 1 unspecified atom stereocenters. The van der Waals surface area contributed by atoms with Crippen molar-refractivity contribution in [3.05, 3.63) is 50.1 Å². The van der Waals surface area contributed by atoms with Gasteiger partial charge in [0.2, 0.25) is 0 Å². The Morgan fingerprint density at radius 2 is 1.90 bits per heavy atom. The van der Waals surface area contributed by atoms with E-state index in [1.165, 1.54) is 11.3 Å². The molecular weight excluding hydrogens is 317 g/mol. The molecule has 0 saturated heterocycles. The van der Waals surface area contributed by atoms with Gasteiger partial charge in [-0.2, -0.15) is 0 Å². The Morgan fingerprint density at radius 1 is 1.30 bits per heavy atom. The van der Waals surface area contributed by atoms with Crippen LogP contribution in [0.15, 0.2) is 30.3 Å². The second-order valence-corrected chi connectivity index (χ2v) is 6.71. The zero-order valence-electron chi connectivity index (χ0n) is 10.9. The molecule has 0 bridgehead atoms. The summed E-state index contributed by atoms with van der Waals surface area (Å²) in [7, 11) is 1.71. The predicted octanol–water partition coefficient (Wildman–Crippen LogP) is 4.59. The van der Waals surface area contributed by atoms with Crippen molar-refractivity contribution in [3.63, 3.8) is 0 Å². The van der Waals surface area contributed by atoms with Crippen LogP contribution >= 0.6 is 34.5 Å². The Labute approximate surface area is 131 Å². The Morgan fingerprint density at radius 3 is 2.40 bits per heavy atom. The van der Waals surface area contributed by atoms with Crippen LogP contribution in [0, 0.1) is 0 Å². The van der Waals surface area contributed by atoms with Crippen LogP contribution in [-0.4, -0.2) is 23.0 Å². The Bertz CT molecular complexity index is 625. The van der Waals surface area contributed by atoms with Crippen molar-refractivity contribution in [2.24, 2.45) is 0 Å². The van der Waals surface area contributed by atoms with Crippen LogP contribution in [0.25, 0.3) is 0 Å². The fraction of sp³-hybridized carbons (Fsp3) is 0.214. The van der Waals surface area contributed by atoms with Crippen molar-refractivity contribution >= 4 is 40.4 Å². The lowest BCUT2D eigenvalue weighted by Crippen LogP contribution is -2.29. The Kier molecular flexibility index (Phi) is 4.58. The maximum Gasteiger partial charge on any atom is 0.256 e. The number of phenolic OH excluding ortho intramolecular Hbond substituents is 1. The second kappa shape index (κ2) is 6.04. The number of nitrogens with zero attached hydrogens (tertiary/aromatic N) is 1. The zero-order chi connectivity index (χ0) is 14.9. The van der Waals surface area contributed by atoms with Gasteiger partial charge >= 0.3 is 0 Å². The summed E-state index contributed by atoms with van der Waals surface area (Å²) in [5.74, 6) is 0.0151. The van der Waals surface area contributed by atoms with Gasteiger partial charge in [0, 0.05) is 7.05 Å². The molecule has 1 N–H and O–H groups in total. The first-order valence-electron chi connectivity index (χ1n) is 5.91. The summed E-state index contributed by atoms with van der Waals surface area (Å²) in [5, 5.41) is 9.29. The maximum absolute atomic E-state index is 12.4. The zero-order valence-corrected chi connectivity index (χ0v) is 13.3. The minimum absolute atomic E-state index is 0.141. The number of hydrogen-bond donors (Lipinski definition) is 1. The van der Waals surface area contributed by atoms with Gasteiger partial charge in [-0.05, 0) is 30.7 Å². The highest BCUT2D eigenvalue weighted by molar-refractivity contribution is 7.20. The quantitative estimate of drug-likeness (QED) is 0.894. The second-order valence-electron chi connectivity index (χ2n) is 4.42. The van der Waals surface area contributed by atoms with Gasteiger partial charge in [0.05, 0.1) is 15.9 Å². The van der Waals surface area contributed by atoms with Crippen molar-refractivity contribution in [1.29, 1.82) is 0 Å². The van der Waals surface area contributed by atoms with Gasteiger partial charge in [0.1, 0.15) is 10.1 Å². The topological polar surface area (TPSA) is 40.5 Å². The van der Waals surface area contributed by atoms with E-state index in [4.69, 9.17) is 23.2 Å². The summed E-state index contributed by atoms with van der Waals surface area (Å²) in [4.78, 5) is 14.0. The van der Waals surface area contributed by atoms with Crippen LogP contribution in [0.1, 0.15) is 28.9 Å². The first-order valence-corrected chi connectivity index (χ1v) is 7.48. The van der Waals surface area contributed by atoms with E-state index in [0.717, 1.165) is 5.56 Å². The maximum atomic E-state index is 12.4. The molecule has 0 saturated carbocycles. The van der Waals surface area contributed by atoms with E-state index in [1.807, 2.05) is 6.92 Å². The summed E-state index contributed by atoms with van der Waals surface area (Å²) >= 11 is 13.0. The Balaban J connectivity index is 2.22. The molecule has 1 atom stereocenters. The smallest absolute Gasteiger partial charge is 0.256 e. The fourth-order valence-corrected chi connectivity index (χ4v) is 3.28. The van der Waals surface area contributed by atoms with Gasteiger partial charge in [-0.25, -0.2) is 0 Å². The molecule has 1 heterocycles. The van der Waals surface area contributed by atoms with Crippen molar-refractivity contribution in [2.45, 2.75) is 13.0 Å². The molecule has 1 aromatic heterocycles. The van der Waals surface area contributed by atoms with Crippen molar-refractivity contribution in [1.82, 2.24) is 4.90 Å². The third-order valence-corrected chi connectivity index (χ3v) is 4.65. The molecule has 0 aliphatic heterocycles. The molecule has 2 rings (SSSR count). The van der Waals surface area contributed by atoms with Gasteiger partial charge in [-0.15, -0.1) is 11.3 Å². The highest BCUT2D eigenvalue weighted by atomic mass is 35.5. The number of carbonyl (C=O) groups is 1. The number of rotatable bonds is 3. The largest absolute Gasteiger partial charge is 0.508 e. The highest BCUT2D eigenvalue weighted by Gasteiger charge is 2.22. The lowest BCUT2D eigenvalue weighted by atomic mass is 10.1.